The Bertz CT molecular complexity index is 1570. The van der Waals surface area contributed by atoms with Crippen LogP contribution < -0.4 is 16.8 Å². The summed E-state index contributed by atoms with van der Waals surface area (Å²) in [7, 11) is 2.75. The van der Waals surface area contributed by atoms with E-state index < -0.39 is 21.7 Å². The summed E-state index contributed by atoms with van der Waals surface area (Å²) in [6, 6.07) is 5.73. The number of benzene rings is 1. The Labute approximate surface area is 179 Å². The quantitative estimate of drug-likeness (QED) is 0.354. The maximum Gasteiger partial charge on any atom is 0.332 e. The zero-order chi connectivity index (χ0) is 23.3. The fourth-order valence-corrected chi connectivity index (χ4v) is 3.77. The average Bonchev–Trinajstić information content (AvgIpc) is 3.18. The molecule has 0 aliphatic carbocycles. The van der Waals surface area contributed by atoms with Crippen LogP contribution in [0, 0.1) is 10.1 Å². The standard InChI is InChI=1S/C20H20N6O6/c1-4-5-13-16(27)24(10-11-6-8-12(9-7-11)26(31)32)19-21-15-14(25(19)17(13)28)18(29)23(3)20(30)22(15)2/h6-9,27H,4-5,10H2,1-3H3. The molecule has 4 aromatic rings. The van der Waals surface area contributed by atoms with Gasteiger partial charge in [0.05, 0.1) is 17.0 Å². The Hall–Kier alpha value is -4.22. The molecular formula is C20H20N6O6. The summed E-state index contributed by atoms with van der Waals surface area (Å²) in [6.07, 6.45) is 0.821. The number of hydrogen-bond acceptors (Lipinski definition) is 7. The predicted molar refractivity (Wildman–Crippen MR) is 115 cm³/mol. The van der Waals surface area contributed by atoms with Crippen molar-refractivity contribution < 1.29 is 10.0 Å². The van der Waals surface area contributed by atoms with E-state index in [1.165, 1.54) is 42.9 Å². The highest BCUT2D eigenvalue weighted by atomic mass is 16.6. The van der Waals surface area contributed by atoms with Crippen molar-refractivity contribution in [3.63, 3.8) is 0 Å². The second-order valence-corrected chi connectivity index (χ2v) is 7.49. The third-order valence-electron chi connectivity index (χ3n) is 5.46. The summed E-state index contributed by atoms with van der Waals surface area (Å²) in [5, 5.41) is 21.8. The third kappa shape index (κ3) is 2.99. The fraction of sp³-hybridized carbons (Fsp3) is 0.300. The predicted octanol–water partition coefficient (Wildman–Crippen LogP) is 0.661. The molecule has 12 heteroatoms. The number of non-ortho nitro benzene ring substituents is 1. The van der Waals surface area contributed by atoms with Gasteiger partial charge in [-0.25, -0.2) is 9.20 Å². The Morgan fingerprint density at radius 2 is 1.72 bits per heavy atom. The third-order valence-corrected chi connectivity index (χ3v) is 5.46. The summed E-state index contributed by atoms with van der Waals surface area (Å²) in [5.41, 5.74) is -1.28. The van der Waals surface area contributed by atoms with Crippen molar-refractivity contribution in [2.75, 3.05) is 0 Å². The second-order valence-electron chi connectivity index (χ2n) is 7.49. The number of nitro benzene ring substituents is 1. The first kappa shape index (κ1) is 21.0. The molecule has 3 aromatic heterocycles. The van der Waals surface area contributed by atoms with Crippen LogP contribution in [0.4, 0.5) is 5.69 Å². The lowest BCUT2D eigenvalue weighted by Gasteiger charge is -2.14. The molecule has 0 spiro atoms. The SMILES string of the molecule is CCCc1c(O)n(Cc2ccc([N+](=O)[O-])cc2)c2nc3c(c(=O)n(C)c(=O)n3C)n2c1=O. The summed E-state index contributed by atoms with van der Waals surface area (Å²) >= 11 is 0. The molecule has 1 N–H and O–H groups in total. The Kier molecular flexibility index (Phi) is 4.92. The van der Waals surface area contributed by atoms with Crippen LogP contribution in [0.5, 0.6) is 5.88 Å². The van der Waals surface area contributed by atoms with Crippen molar-refractivity contribution in [1.82, 2.24) is 23.1 Å². The Morgan fingerprint density at radius 3 is 2.31 bits per heavy atom. The maximum atomic E-state index is 13.2. The van der Waals surface area contributed by atoms with E-state index in [2.05, 4.69) is 4.98 Å². The Balaban J connectivity index is 2.10. The van der Waals surface area contributed by atoms with Crippen molar-refractivity contribution >= 4 is 22.6 Å². The van der Waals surface area contributed by atoms with Crippen LogP contribution in [0.25, 0.3) is 16.9 Å². The van der Waals surface area contributed by atoms with Gasteiger partial charge in [-0.2, -0.15) is 4.98 Å². The minimum Gasteiger partial charge on any atom is -0.494 e. The molecule has 0 amide bonds. The summed E-state index contributed by atoms with van der Waals surface area (Å²) in [4.78, 5) is 53.2. The van der Waals surface area contributed by atoms with Gasteiger partial charge < -0.3 is 5.11 Å². The zero-order valence-corrected chi connectivity index (χ0v) is 17.6. The number of hydrogen-bond donors (Lipinski definition) is 1. The molecule has 0 saturated heterocycles. The molecule has 32 heavy (non-hydrogen) atoms. The first-order chi connectivity index (χ1) is 15.2. The van der Waals surface area contributed by atoms with Crippen LogP contribution in [0.2, 0.25) is 0 Å². The van der Waals surface area contributed by atoms with Gasteiger partial charge in [0.1, 0.15) is 0 Å². The van der Waals surface area contributed by atoms with E-state index >= 15 is 0 Å². The molecule has 0 unspecified atom stereocenters. The zero-order valence-electron chi connectivity index (χ0n) is 17.6. The average molecular weight is 440 g/mol. The molecular weight excluding hydrogens is 420 g/mol. The highest BCUT2D eigenvalue weighted by molar-refractivity contribution is 5.75. The van der Waals surface area contributed by atoms with E-state index in [0.29, 0.717) is 12.0 Å². The highest BCUT2D eigenvalue weighted by Gasteiger charge is 2.24. The fourth-order valence-electron chi connectivity index (χ4n) is 3.77. The van der Waals surface area contributed by atoms with Crippen LogP contribution in [-0.2, 0) is 27.1 Å². The minimum absolute atomic E-state index is 0.0145. The molecule has 0 radical (unpaired) electrons. The van der Waals surface area contributed by atoms with Crippen molar-refractivity contribution in [1.29, 1.82) is 0 Å². The molecule has 4 rings (SSSR count). The molecule has 166 valence electrons. The van der Waals surface area contributed by atoms with E-state index in [1.807, 2.05) is 6.92 Å². The van der Waals surface area contributed by atoms with E-state index in [1.54, 1.807) is 0 Å². The lowest BCUT2D eigenvalue weighted by molar-refractivity contribution is -0.384. The van der Waals surface area contributed by atoms with E-state index in [4.69, 9.17) is 0 Å². The topological polar surface area (TPSA) is 147 Å². The summed E-state index contributed by atoms with van der Waals surface area (Å²) < 4.78 is 4.53. The summed E-state index contributed by atoms with van der Waals surface area (Å²) in [5.74, 6) is -0.321. The molecule has 0 bridgehead atoms. The molecule has 0 saturated carbocycles. The number of aryl methyl sites for hydroxylation is 1. The molecule has 12 nitrogen and oxygen atoms in total. The van der Waals surface area contributed by atoms with Crippen LogP contribution in [0.1, 0.15) is 24.5 Å². The summed E-state index contributed by atoms with van der Waals surface area (Å²) in [6.45, 7) is 1.88. The van der Waals surface area contributed by atoms with Crippen LogP contribution in [0.15, 0.2) is 38.6 Å². The number of rotatable bonds is 5. The number of nitrogens with zero attached hydrogens (tertiary/aromatic N) is 6. The van der Waals surface area contributed by atoms with Gasteiger partial charge in [0.15, 0.2) is 11.2 Å². The molecule has 3 heterocycles. The minimum atomic E-state index is -0.678. The van der Waals surface area contributed by atoms with Crippen molar-refractivity contribution in [2.45, 2.75) is 26.3 Å². The smallest absolute Gasteiger partial charge is 0.332 e. The van der Waals surface area contributed by atoms with Crippen molar-refractivity contribution in [3.05, 3.63) is 76.7 Å². The van der Waals surface area contributed by atoms with Gasteiger partial charge in [0, 0.05) is 26.2 Å². The molecule has 0 aliphatic heterocycles. The molecule has 0 aliphatic rings. The second kappa shape index (κ2) is 7.48. The van der Waals surface area contributed by atoms with Crippen LogP contribution >= 0.6 is 0 Å². The van der Waals surface area contributed by atoms with Crippen LogP contribution in [0.3, 0.4) is 0 Å². The molecule has 1 aromatic carbocycles. The lowest BCUT2D eigenvalue weighted by Crippen LogP contribution is -2.38. The van der Waals surface area contributed by atoms with E-state index in [-0.39, 0.29) is 47.0 Å². The van der Waals surface area contributed by atoms with Gasteiger partial charge in [-0.1, -0.05) is 25.5 Å². The number of fused-ring (bicyclic) bond motifs is 3. The first-order valence-electron chi connectivity index (χ1n) is 9.83. The maximum absolute atomic E-state index is 13.2. The first-order valence-corrected chi connectivity index (χ1v) is 9.83. The van der Waals surface area contributed by atoms with Crippen molar-refractivity contribution in [3.8, 4) is 5.88 Å². The lowest BCUT2D eigenvalue weighted by atomic mass is 10.1. The van der Waals surface area contributed by atoms with Crippen LogP contribution in [-0.4, -0.2) is 33.1 Å². The number of nitro groups is 1. The van der Waals surface area contributed by atoms with Gasteiger partial charge in [-0.3, -0.25) is 33.4 Å². The largest absolute Gasteiger partial charge is 0.494 e. The number of aromatic nitrogens is 5. The van der Waals surface area contributed by atoms with Gasteiger partial charge in [-0.15, -0.1) is 0 Å². The van der Waals surface area contributed by atoms with Gasteiger partial charge in [-0.05, 0) is 12.0 Å². The Morgan fingerprint density at radius 1 is 1.06 bits per heavy atom. The monoisotopic (exact) mass is 440 g/mol. The van der Waals surface area contributed by atoms with Gasteiger partial charge in [0.2, 0.25) is 11.7 Å². The van der Waals surface area contributed by atoms with Gasteiger partial charge in [0.25, 0.3) is 16.8 Å². The molecule has 0 fully saturated rings. The molecule has 0 atom stereocenters. The van der Waals surface area contributed by atoms with E-state index in [0.717, 1.165) is 13.5 Å². The van der Waals surface area contributed by atoms with Crippen molar-refractivity contribution in [2.24, 2.45) is 14.1 Å². The van der Waals surface area contributed by atoms with E-state index in [9.17, 15) is 29.6 Å². The van der Waals surface area contributed by atoms with Gasteiger partial charge >= 0.3 is 5.69 Å². The number of aromatic hydroxyl groups is 1. The normalized spacial score (nSPS) is 11.5. The number of imidazole rings is 1. The highest BCUT2D eigenvalue weighted by Crippen LogP contribution is 2.23.